The van der Waals surface area contributed by atoms with E-state index in [0.717, 1.165) is 19.1 Å². The maximum absolute atomic E-state index is 5.20. The number of epoxide rings is 1. The molecule has 0 N–H and O–H groups in total. The lowest BCUT2D eigenvalue weighted by atomic mass is 10.1. The zero-order valence-corrected chi connectivity index (χ0v) is 7.96. The van der Waals surface area contributed by atoms with Crippen molar-refractivity contribution in [3.63, 3.8) is 0 Å². The van der Waals surface area contributed by atoms with Gasteiger partial charge < -0.3 is 9.64 Å². The highest BCUT2D eigenvalue weighted by molar-refractivity contribution is 4.76. The SMILES string of the molecule is CN(CC1CCCC1)CC1CO1. The van der Waals surface area contributed by atoms with Crippen molar-refractivity contribution in [2.75, 3.05) is 26.7 Å². The standard InChI is InChI=1S/C10H19NO/c1-11(7-10-8-12-10)6-9-4-2-3-5-9/h9-10H,2-8H2,1H3. The second-order valence-corrected chi connectivity index (χ2v) is 4.33. The number of likely N-dealkylation sites (N-methyl/N-ethyl adjacent to an activating group) is 1. The summed E-state index contributed by atoms with van der Waals surface area (Å²) in [5.74, 6) is 0.980. The van der Waals surface area contributed by atoms with Gasteiger partial charge in [0.05, 0.1) is 12.7 Å². The first-order valence-electron chi connectivity index (χ1n) is 5.15. The molecule has 0 aromatic carbocycles. The van der Waals surface area contributed by atoms with Gasteiger partial charge in [0.25, 0.3) is 0 Å². The molecule has 0 spiro atoms. The van der Waals surface area contributed by atoms with Crippen molar-refractivity contribution in [2.45, 2.75) is 31.8 Å². The lowest BCUT2D eigenvalue weighted by Gasteiger charge is -2.19. The quantitative estimate of drug-likeness (QED) is 0.593. The summed E-state index contributed by atoms with van der Waals surface area (Å²) in [6.45, 7) is 3.44. The largest absolute Gasteiger partial charge is 0.372 e. The third-order valence-corrected chi connectivity index (χ3v) is 2.96. The van der Waals surface area contributed by atoms with Gasteiger partial charge in [-0.2, -0.15) is 0 Å². The summed E-state index contributed by atoms with van der Waals surface area (Å²) in [5.41, 5.74) is 0. The molecule has 1 saturated carbocycles. The molecule has 0 aromatic heterocycles. The highest BCUT2D eigenvalue weighted by atomic mass is 16.6. The molecular weight excluding hydrogens is 150 g/mol. The number of nitrogens with zero attached hydrogens (tertiary/aromatic N) is 1. The third kappa shape index (κ3) is 2.46. The monoisotopic (exact) mass is 169 g/mol. The molecule has 2 heteroatoms. The molecule has 0 aromatic rings. The summed E-state index contributed by atoms with van der Waals surface area (Å²) in [4.78, 5) is 2.44. The maximum Gasteiger partial charge on any atom is 0.0936 e. The molecule has 0 amide bonds. The molecule has 2 fully saturated rings. The third-order valence-electron chi connectivity index (χ3n) is 2.96. The van der Waals surface area contributed by atoms with E-state index < -0.39 is 0 Å². The maximum atomic E-state index is 5.20. The fourth-order valence-corrected chi connectivity index (χ4v) is 2.23. The van der Waals surface area contributed by atoms with Gasteiger partial charge in [-0.3, -0.25) is 0 Å². The minimum atomic E-state index is 0.566. The molecule has 70 valence electrons. The zero-order chi connectivity index (χ0) is 8.39. The van der Waals surface area contributed by atoms with Gasteiger partial charge in [-0.1, -0.05) is 12.8 Å². The molecular formula is C10H19NO. The van der Waals surface area contributed by atoms with Crippen LogP contribution in [0.5, 0.6) is 0 Å². The molecule has 1 atom stereocenters. The van der Waals surface area contributed by atoms with Crippen molar-refractivity contribution in [1.29, 1.82) is 0 Å². The van der Waals surface area contributed by atoms with Gasteiger partial charge in [0, 0.05) is 13.1 Å². The Kier molecular flexibility index (Phi) is 2.66. The molecule has 2 nitrogen and oxygen atoms in total. The first-order valence-corrected chi connectivity index (χ1v) is 5.15. The Morgan fingerprint density at radius 3 is 2.50 bits per heavy atom. The molecule has 1 aliphatic carbocycles. The molecule has 0 radical (unpaired) electrons. The van der Waals surface area contributed by atoms with Crippen molar-refractivity contribution < 1.29 is 4.74 Å². The lowest BCUT2D eigenvalue weighted by Crippen LogP contribution is -2.28. The smallest absolute Gasteiger partial charge is 0.0936 e. The molecule has 1 aliphatic heterocycles. The van der Waals surface area contributed by atoms with Crippen molar-refractivity contribution in [1.82, 2.24) is 4.90 Å². The van der Waals surface area contributed by atoms with Crippen LogP contribution >= 0.6 is 0 Å². The van der Waals surface area contributed by atoms with Gasteiger partial charge in [0.1, 0.15) is 0 Å². The van der Waals surface area contributed by atoms with Crippen LogP contribution in [0.3, 0.4) is 0 Å². The van der Waals surface area contributed by atoms with E-state index in [4.69, 9.17) is 4.74 Å². The molecule has 0 bridgehead atoms. The molecule has 1 unspecified atom stereocenters. The fraction of sp³-hybridized carbons (Fsp3) is 1.00. The van der Waals surface area contributed by atoms with E-state index in [0.29, 0.717) is 6.10 Å². The average Bonchev–Trinajstić information content (AvgIpc) is 2.66. The topological polar surface area (TPSA) is 15.8 Å². The van der Waals surface area contributed by atoms with E-state index in [9.17, 15) is 0 Å². The van der Waals surface area contributed by atoms with E-state index >= 15 is 0 Å². The minimum absolute atomic E-state index is 0.566. The Hall–Kier alpha value is -0.0800. The lowest BCUT2D eigenvalue weighted by molar-refractivity contribution is 0.248. The summed E-state index contributed by atoms with van der Waals surface area (Å²) in [6.07, 6.45) is 6.39. The minimum Gasteiger partial charge on any atom is -0.372 e. The highest BCUT2D eigenvalue weighted by Crippen LogP contribution is 2.25. The van der Waals surface area contributed by atoms with Gasteiger partial charge in [0.2, 0.25) is 0 Å². The van der Waals surface area contributed by atoms with Crippen LogP contribution in [-0.2, 0) is 4.74 Å². The number of ether oxygens (including phenoxy) is 1. The first-order chi connectivity index (χ1) is 5.84. The van der Waals surface area contributed by atoms with E-state index in [-0.39, 0.29) is 0 Å². The summed E-state index contributed by atoms with van der Waals surface area (Å²) in [7, 11) is 2.22. The second kappa shape index (κ2) is 3.75. The number of hydrogen-bond donors (Lipinski definition) is 0. The van der Waals surface area contributed by atoms with Gasteiger partial charge >= 0.3 is 0 Å². The molecule has 1 saturated heterocycles. The van der Waals surface area contributed by atoms with Crippen LogP contribution in [0.2, 0.25) is 0 Å². The van der Waals surface area contributed by atoms with E-state index in [2.05, 4.69) is 11.9 Å². The Balaban J connectivity index is 1.62. The van der Waals surface area contributed by atoms with Crippen molar-refractivity contribution in [3.05, 3.63) is 0 Å². The van der Waals surface area contributed by atoms with Crippen molar-refractivity contribution in [3.8, 4) is 0 Å². The van der Waals surface area contributed by atoms with Crippen LogP contribution in [0.4, 0.5) is 0 Å². The summed E-state index contributed by atoms with van der Waals surface area (Å²) < 4.78 is 5.20. The Labute approximate surface area is 74.9 Å². The Morgan fingerprint density at radius 1 is 1.25 bits per heavy atom. The zero-order valence-electron chi connectivity index (χ0n) is 7.96. The van der Waals surface area contributed by atoms with Gasteiger partial charge in [-0.05, 0) is 25.8 Å². The van der Waals surface area contributed by atoms with Crippen LogP contribution in [0.15, 0.2) is 0 Å². The number of rotatable bonds is 4. The Bertz CT molecular complexity index is 139. The first kappa shape index (κ1) is 8.52. The predicted molar refractivity (Wildman–Crippen MR) is 49.2 cm³/mol. The second-order valence-electron chi connectivity index (χ2n) is 4.33. The van der Waals surface area contributed by atoms with E-state index in [1.54, 1.807) is 0 Å². The number of hydrogen-bond acceptors (Lipinski definition) is 2. The average molecular weight is 169 g/mol. The van der Waals surface area contributed by atoms with Crippen LogP contribution in [0, 0.1) is 5.92 Å². The van der Waals surface area contributed by atoms with Gasteiger partial charge in [-0.25, -0.2) is 0 Å². The van der Waals surface area contributed by atoms with Crippen molar-refractivity contribution >= 4 is 0 Å². The molecule has 1 heterocycles. The van der Waals surface area contributed by atoms with Gasteiger partial charge in [0.15, 0.2) is 0 Å². The summed E-state index contributed by atoms with van der Waals surface area (Å²) >= 11 is 0. The predicted octanol–water partition coefficient (Wildman–Crippen LogP) is 1.51. The van der Waals surface area contributed by atoms with E-state index in [1.165, 1.54) is 32.2 Å². The van der Waals surface area contributed by atoms with Crippen LogP contribution in [0.25, 0.3) is 0 Å². The Morgan fingerprint density at radius 2 is 1.92 bits per heavy atom. The summed E-state index contributed by atoms with van der Waals surface area (Å²) in [6, 6.07) is 0. The molecule has 2 aliphatic rings. The van der Waals surface area contributed by atoms with Crippen LogP contribution < -0.4 is 0 Å². The van der Waals surface area contributed by atoms with Gasteiger partial charge in [-0.15, -0.1) is 0 Å². The molecule has 2 rings (SSSR count). The van der Waals surface area contributed by atoms with Crippen molar-refractivity contribution in [2.24, 2.45) is 5.92 Å². The molecule has 12 heavy (non-hydrogen) atoms. The van der Waals surface area contributed by atoms with Crippen LogP contribution in [0.1, 0.15) is 25.7 Å². The normalized spacial score (nSPS) is 30.0. The fourth-order valence-electron chi connectivity index (χ4n) is 2.23. The summed E-state index contributed by atoms with van der Waals surface area (Å²) in [5, 5.41) is 0. The van der Waals surface area contributed by atoms with Crippen LogP contribution in [-0.4, -0.2) is 37.7 Å². The van der Waals surface area contributed by atoms with E-state index in [1.807, 2.05) is 0 Å². The highest BCUT2D eigenvalue weighted by Gasteiger charge is 2.25.